The maximum Gasteiger partial charge on any atom is 0.303 e. The smallest absolute Gasteiger partial charge is 0.303 e. The SMILES string of the molecule is CC(=O)OC[C@H]1O[C@@H](SC2=C(S[C@@H]3O[C@H](COC(C)=O)[C@@H](OC(C)=O)[C@H](OC(C)=O)[C@H]3OC(C)=O)C(=O)c3ccccc3C2=O)[C@H](OC(C)=O)[C@@H](OC(C)=O)[C@@H]1OC(C)=O. The summed E-state index contributed by atoms with van der Waals surface area (Å²) in [5, 5.41) is 0. The van der Waals surface area contributed by atoms with Crippen molar-refractivity contribution in [3.63, 3.8) is 0 Å². The lowest BCUT2D eigenvalue weighted by Crippen LogP contribution is -2.61. The van der Waals surface area contributed by atoms with Gasteiger partial charge in [-0.15, -0.1) is 0 Å². The van der Waals surface area contributed by atoms with Gasteiger partial charge in [-0.1, -0.05) is 47.8 Å². The monoisotopic (exact) mass is 882 g/mol. The second-order valence-electron chi connectivity index (χ2n) is 13.2. The maximum absolute atomic E-state index is 14.5. The van der Waals surface area contributed by atoms with Crippen LogP contribution in [0.2, 0.25) is 0 Å². The highest BCUT2D eigenvalue weighted by molar-refractivity contribution is 8.08. The minimum atomic E-state index is -1.65. The lowest BCUT2D eigenvalue weighted by molar-refractivity contribution is -0.237. The molecule has 0 N–H and O–H groups in total. The minimum absolute atomic E-state index is 0.0680. The number of ketones is 2. The van der Waals surface area contributed by atoms with E-state index in [2.05, 4.69) is 0 Å². The van der Waals surface area contributed by atoms with E-state index in [0.717, 1.165) is 55.4 Å². The van der Waals surface area contributed by atoms with Gasteiger partial charge < -0.3 is 47.4 Å². The highest BCUT2D eigenvalue weighted by Gasteiger charge is 2.56. The van der Waals surface area contributed by atoms with Crippen LogP contribution in [0, 0.1) is 0 Å². The van der Waals surface area contributed by atoms with Crippen LogP contribution in [0.5, 0.6) is 0 Å². The molecule has 3 aliphatic rings. The van der Waals surface area contributed by atoms with Crippen LogP contribution in [0.15, 0.2) is 34.1 Å². The van der Waals surface area contributed by atoms with Crippen LogP contribution in [-0.4, -0.2) is 132 Å². The van der Waals surface area contributed by atoms with Gasteiger partial charge in [-0.2, -0.15) is 0 Å². The molecule has 0 bridgehead atoms. The lowest BCUT2D eigenvalue weighted by Gasteiger charge is -2.45. The first-order chi connectivity index (χ1) is 28.2. The van der Waals surface area contributed by atoms with Crippen LogP contribution in [0.1, 0.15) is 76.1 Å². The fraction of sp³-hybridized carbons (Fsp3) is 0.526. The molecule has 22 heteroatoms. The number of allylic oxidation sites excluding steroid dienone is 2. The molecule has 1 aromatic rings. The van der Waals surface area contributed by atoms with E-state index in [0.29, 0.717) is 23.5 Å². The average Bonchev–Trinajstić information content (AvgIpc) is 3.13. The number of hydrogen-bond acceptors (Lipinski definition) is 22. The molecule has 20 nitrogen and oxygen atoms in total. The Morgan fingerprint density at radius 2 is 0.733 bits per heavy atom. The number of rotatable bonds is 14. The van der Waals surface area contributed by atoms with E-state index in [1.54, 1.807) is 0 Å². The lowest BCUT2D eigenvalue weighted by atomic mass is 9.94. The number of ether oxygens (including phenoxy) is 10. The Balaban J connectivity index is 1.93. The van der Waals surface area contributed by atoms with E-state index >= 15 is 0 Å². The van der Waals surface area contributed by atoms with Crippen molar-refractivity contribution in [2.24, 2.45) is 0 Å². The molecule has 60 heavy (non-hydrogen) atoms. The molecule has 2 saturated heterocycles. The van der Waals surface area contributed by atoms with Crippen molar-refractivity contribution in [1.82, 2.24) is 0 Å². The highest BCUT2D eigenvalue weighted by atomic mass is 32.2. The van der Waals surface area contributed by atoms with Gasteiger partial charge in [-0.3, -0.25) is 47.9 Å². The van der Waals surface area contributed by atoms with E-state index in [9.17, 15) is 47.9 Å². The summed E-state index contributed by atoms with van der Waals surface area (Å²) in [6, 6.07) is 5.74. The molecule has 1 aromatic carbocycles. The van der Waals surface area contributed by atoms with Crippen LogP contribution < -0.4 is 0 Å². The first-order valence-electron chi connectivity index (χ1n) is 18.0. The predicted molar refractivity (Wildman–Crippen MR) is 201 cm³/mol. The summed E-state index contributed by atoms with van der Waals surface area (Å²) in [6.45, 7) is 7.19. The third-order valence-corrected chi connectivity index (χ3v) is 11.0. The van der Waals surface area contributed by atoms with Gasteiger partial charge >= 0.3 is 47.8 Å². The molecule has 0 amide bonds. The second kappa shape index (κ2) is 20.8. The van der Waals surface area contributed by atoms with Gasteiger partial charge in [0.2, 0.25) is 11.6 Å². The van der Waals surface area contributed by atoms with Gasteiger partial charge in [-0.05, 0) is 0 Å². The van der Waals surface area contributed by atoms with Crippen molar-refractivity contribution in [2.45, 2.75) is 115 Å². The zero-order valence-electron chi connectivity index (χ0n) is 33.5. The van der Waals surface area contributed by atoms with Gasteiger partial charge in [0, 0.05) is 66.5 Å². The van der Waals surface area contributed by atoms with E-state index in [4.69, 9.17) is 47.4 Å². The van der Waals surface area contributed by atoms with E-state index < -0.39 is 132 Å². The molecular weight excluding hydrogens is 841 g/mol. The summed E-state index contributed by atoms with van der Waals surface area (Å²) < 4.78 is 55.9. The summed E-state index contributed by atoms with van der Waals surface area (Å²) in [6.07, 6.45) is -12.4. The number of thioether (sulfide) groups is 2. The molecular formula is C38H42O20S2. The first kappa shape index (κ1) is 47.4. The molecule has 2 fully saturated rings. The fourth-order valence-electron chi connectivity index (χ4n) is 6.34. The third kappa shape index (κ3) is 12.1. The number of esters is 8. The maximum atomic E-state index is 14.5. The van der Waals surface area contributed by atoms with Gasteiger partial charge in [0.15, 0.2) is 36.6 Å². The average molecular weight is 883 g/mol. The van der Waals surface area contributed by atoms with Gasteiger partial charge in [0.1, 0.15) is 36.3 Å². The van der Waals surface area contributed by atoms with Gasteiger partial charge in [0.05, 0.1) is 9.81 Å². The molecule has 10 atom stereocenters. The van der Waals surface area contributed by atoms with Crippen LogP contribution in [0.4, 0.5) is 0 Å². The van der Waals surface area contributed by atoms with Crippen molar-refractivity contribution in [1.29, 1.82) is 0 Å². The molecule has 0 radical (unpaired) electrons. The summed E-state index contributed by atoms with van der Waals surface area (Å²) in [4.78, 5) is 127. The van der Waals surface area contributed by atoms with Gasteiger partial charge in [0.25, 0.3) is 0 Å². The summed E-state index contributed by atoms with van der Waals surface area (Å²) >= 11 is 1.07. The molecule has 1 aliphatic carbocycles. The number of Topliss-reactive ketones (excluding diaryl/α,β-unsaturated/α-hetero) is 2. The Morgan fingerprint density at radius 1 is 0.450 bits per heavy atom. The molecule has 0 saturated carbocycles. The molecule has 0 unspecified atom stereocenters. The molecule has 2 aliphatic heterocycles. The number of carbonyl (C=O) groups is 10. The number of hydrogen-bond donors (Lipinski definition) is 0. The number of benzene rings is 1. The Morgan fingerprint density at radius 3 is 1.02 bits per heavy atom. The topological polar surface area (TPSA) is 263 Å². The molecule has 0 aromatic heterocycles. The van der Waals surface area contributed by atoms with E-state index in [1.165, 1.54) is 24.3 Å². The molecule has 4 rings (SSSR count). The molecule has 0 spiro atoms. The standard InChI is InChI=1S/C38H42O20S2/c1-15(39)49-13-25-29(51-17(3)41)31(53-19(5)43)33(55-21(7)45)37(57-25)59-35-27(47)23-11-9-10-12-24(23)28(48)36(35)60-38-34(56-22(8)46)32(54-20(6)44)30(52-18(4)42)26(58-38)14-50-16(2)40/h9-12,25-26,29-34,37-38H,13-14H2,1-8H3/t25-,26-,29-,30-,31+,32+,33-,34-,37+,38+/m1/s1. The number of fused-ring (bicyclic) bond motifs is 1. The largest absolute Gasteiger partial charge is 0.463 e. The summed E-state index contributed by atoms with van der Waals surface area (Å²) in [5.74, 6) is -8.52. The van der Waals surface area contributed by atoms with Crippen LogP contribution >= 0.6 is 23.5 Å². The Hall–Kier alpha value is -5.32. The van der Waals surface area contributed by atoms with Crippen molar-refractivity contribution < 1.29 is 95.3 Å². The number of carbonyl (C=O) groups excluding carboxylic acids is 10. The highest BCUT2D eigenvalue weighted by Crippen LogP contribution is 2.47. The Labute approximate surface area is 350 Å². The minimum Gasteiger partial charge on any atom is -0.463 e. The predicted octanol–water partition coefficient (Wildman–Crippen LogP) is 1.91. The molecule has 326 valence electrons. The van der Waals surface area contributed by atoms with Crippen molar-refractivity contribution in [2.75, 3.05) is 13.2 Å². The zero-order chi connectivity index (χ0) is 44.6. The van der Waals surface area contributed by atoms with Crippen molar-refractivity contribution >= 4 is 82.8 Å². The molecule has 2 heterocycles. The van der Waals surface area contributed by atoms with Gasteiger partial charge in [-0.25, -0.2) is 0 Å². The van der Waals surface area contributed by atoms with E-state index in [1.807, 2.05) is 0 Å². The summed E-state index contributed by atoms with van der Waals surface area (Å²) in [7, 11) is 0. The quantitative estimate of drug-likeness (QED) is 0.191. The summed E-state index contributed by atoms with van der Waals surface area (Å²) in [5.41, 5.74) is -3.29. The van der Waals surface area contributed by atoms with E-state index in [-0.39, 0.29) is 20.9 Å². The first-order valence-corrected chi connectivity index (χ1v) is 19.8. The third-order valence-electron chi connectivity index (χ3n) is 8.40. The van der Waals surface area contributed by atoms with Crippen LogP contribution in [0.25, 0.3) is 0 Å². The van der Waals surface area contributed by atoms with Crippen LogP contribution in [-0.2, 0) is 85.7 Å². The van der Waals surface area contributed by atoms with Crippen molar-refractivity contribution in [3.8, 4) is 0 Å². The van der Waals surface area contributed by atoms with Crippen LogP contribution in [0.3, 0.4) is 0 Å². The normalized spacial score (nSPS) is 27.3. The fourth-order valence-corrected chi connectivity index (χ4v) is 9.02. The Kier molecular flexibility index (Phi) is 16.4. The van der Waals surface area contributed by atoms with Crippen molar-refractivity contribution in [3.05, 3.63) is 45.2 Å². The zero-order valence-corrected chi connectivity index (χ0v) is 35.1. The second-order valence-corrected chi connectivity index (χ2v) is 15.5. The Bertz CT molecular complexity index is 1810.